The molecule has 10 aromatic carbocycles. The van der Waals surface area contributed by atoms with Gasteiger partial charge in [-0.25, -0.2) is 9.97 Å². The third kappa shape index (κ3) is 5.23. The first kappa shape index (κ1) is 38.0. The molecule has 0 radical (unpaired) electrons. The summed E-state index contributed by atoms with van der Waals surface area (Å²) in [7, 11) is 0. The predicted octanol–water partition coefficient (Wildman–Crippen LogP) is 16.0. The van der Waals surface area contributed by atoms with E-state index in [0.717, 1.165) is 33.8 Å². The summed E-state index contributed by atoms with van der Waals surface area (Å²) in [5, 5.41) is 4.99. The summed E-state index contributed by atoms with van der Waals surface area (Å²) in [6.07, 6.45) is 0. The van der Waals surface area contributed by atoms with E-state index in [2.05, 4.69) is 246 Å². The van der Waals surface area contributed by atoms with Crippen molar-refractivity contribution < 1.29 is 0 Å². The minimum atomic E-state index is -0.646. The zero-order valence-corrected chi connectivity index (χ0v) is 37.4. The van der Waals surface area contributed by atoms with Crippen molar-refractivity contribution in [2.75, 3.05) is 0 Å². The van der Waals surface area contributed by atoms with Gasteiger partial charge >= 0.3 is 0 Å². The Hall–Kier alpha value is -9.12. The van der Waals surface area contributed by atoms with Gasteiger partial charge in [-0.3, -0.25) is 0 Å². The van der Waals surface area contributed by atoms with Gasteiger partial charge in [-0.05, 0) is 93.0 Å². The lowest BCUT2D eigenvalue weighted by molar-refractivity contribution is 0.748. The molecule has 1 unspecified atom stereocenters. The van der Waals surface area contributed by atoms with Gasteiger partial charge in [-0.15, -0.1) is 0 Å². The molecule has 0 N–H and O–H groups in total. The molecule has 2 aliphatic rings. The summed E-state index contributed by atoms with van der Waals surface area (Å²) >= 11 is 0. The summed E-state index contributed by atoms with van der Waals surface area (Å²) in [5.41, 5.74) is 21.3. The van der Waals surface area contributed by atoms with Crippen molar-refractivity contribution in [3.8, 4) is 67.5 Å². The maximum atomic E-state index is 5.50. The second-order valence-corrected chi connectivity index (χ2v) is 18.4. The lowest BCUT2D eigenvalue weighted by Gasteiger charge is -2.39. The molecule has 320 valence electrons. The molecular weight excluding hydrogens is 837 g/mol. The first-order chi connectivity index (χ1) is 34.3. The molecule has 0 amide bonds. The fourth-order valence-electron chi connectivity index (χ4n) is 12.2. The van der Waals surface area contributed by atoms with Crippen LogP contribution in [0.5, 0.6) is 0 Å². The second kappa shape index (κ2) is 14.4. The van der Waals surface area contributed by atoms with E-state index in [0.29, 0.717) is 5.82 Å². The first-order valence-corrected chi connectivity index (χ1v) is 23.7. The Balaban J connectivity index is 1.07. The Bertz CT molecular complexity index is 4180. The van der Waals surface area contributed by atoms with E-state index in [4.69, 9.17) is 9.97 Å². The van der Waals surface area contributed by atoms with Crippen LogP contribution < -0.4 is 0 Å². The molecule has 0 saturated carbocycles. The first-order valence-electron chi connectivity index (χ1n) is 23.7. The molecule has 3 aromatic heterocycles. The number of rotatable bonds is 5. The minimum Gasteiger partial charge on any atom is -0.309 e. The number of aromatic nitrogens is 4. The maximum absolute atomic E-state index is 5.50. The van der Waals surface area contributed by atoms with Gasteiger partial charge in [0.1, 0.15) is 0 Å². The second-order valence-electron chi connectivity index (χ2n) is 18.4. The van der Waals surface area contributed by atoms with Crippen LogP contribution in [0, 0.1) is 0 Å². The summed E-state index contributed by atoms with van der Waals surface area (Å²) in [6, 6.07) is 88.6. The van der Waals surface area contributed by atoms with Gasteiger partial charge in [0, 0.05) is 43.9 Å². The predicted molar refractivity (Wildman–Crippen MR) is 283 cm³/mol. The number of para-hydroxylation sites is 5. The average Bonchev–Trinajstić information content (AvgIpc) is 4.06. The van der Waals surface area contributed by atoms with Gasteiger partial charge in [-0.2, -0.15) is 0 Å². The normalized spacial score (nSPS) is 14.4. The molecule has 0 bridgehead atoms. The van der Waals surface area contributed by atoms with Crippen LogP contribution in [0.15, 0.2) is 243 Å². The van der Waals surface area contributed by atoms with Gasteiger partial charge in [0.05, 0.1) is 44.6 Å². The van der Waals surface area contributed by atoms with Crippen molar-refractivity contribution in [2.45, 2.75) is 5.41 Å². The lowest BCUT2D eigenvalue weighted by Crippen LogP contribution is -2.33. The lowest BCUT2D eigenvalue weighted by atomic mass is 9.65. The van der Waals surface area contributed by atoms with Crippen LogP contribution in [0.1, 0.15) is 22.3 Å². The molecular formula is C65H40N4. The van der Waals surface area contributed by atoms with Crippen molar-refractivity contribution in [3.05, 3.63) is 265 Å². The largest absolute Gasteiger partial charge is 0.309 e. The van der Waals surface area contributed by atoms with E-state index < -0.39 is 5.41 Å². The molecule has 0 saturated heterocycles. The highest BCUT2D eigenvalue weighted by Crippen LogP contribution is 2.63. The highest BCUT2D eigenvalue weighted by molar-refractivity contribution is 6.17. The van der Waals surface area contributed by atoms with E-state index in [-0.39, 0.29) is 0 Å². The number of fused-ring (bicyclic) bond motifs is 15. The van der Waals surface area contributed by atoms with Crippen LogP contribution in [0.2, 0.25) is 0 Å². The van der Waals surface area contributed by atoms with E-state index in [9.17, 15) is 0 Å². The zero-order chi connectivity index (χ0) is 45.2. The van der Waals surface area contributed by atoms with Gasteiger partial charge in [0.25, 0.3) is 0 Å². The molecule has 0 fully saturated rings. The number of hydrogen-bond donors (Lipinski definition) is 0. The molecule has 1 atom stereocenters. The van der Waals surface area contributed by atoms with E-state index in [1.165, 1.54) is 93.8 Å². The topological polar surface area (TPSA) is 35.6 Å². The smallest absolute Gasteiger partial charge is 0.160 e. The maximum Gasteiger partial charge on any atom is 0.160 e. The third-order valence-corrected chi connectivity index (χ3v) is 14.9. The summed E-state index contributed by atoms with van der Waals surface area (Å²) in [5.74, 6) is 0.699. The average molecular weight is 877 g/mol. The van der Waals surface area contributed by atoms with Gasteiger partial charge in [0.2, 0.25) is 0 Å². The highest BCUT2D eigenvalue weighted by Gasteiger charge is 2.51. The molecule has 1 aliphatic carbocycles. The highest BCUT2D eigenvalue weighted by atomic mass is 15.0. The van der Waals surface area contributed by atoms with Crippen molar-refractivity contribution in [1.29, 1.82) is 0 Å². The monoisotopic (exact) mass is 876 g/mol. The van der Waals surface area contributed by atoms with Crippen LogP contribution in [0.3, 0.4) is 0 Å². The molecule has 4 nitrogen and oxygen atoms in total. The van der Waals surface area contributed by atoms with Crippen molar-refractivity contribution in [3.63, 3.8) is 0 Å². The summed E-state index contributed by atoms with van der Waals surface area (Å²) in [4.78, 5) is 10.7. The van der Waals surface area contributed by atoms with Crippen LogP contribution in [0.25, 0.3) is 111 Å². The molecule has 4 heteroatoms. The van der Waals surface area contributed by atoms with Crippen LogP contribution in [0.4, 0.5) is 0 Å². The molecule has 15 rings (SSSR count). The van der Waals surface area contributed by atoms with Crippen LogP contribution in [-0.4, -0.2) is 19.1 Å². The van der Waals surface area contributed by atoms with Crippen molar-refractivity contribution in [2.24, 2.45) is 0 Å². The van der Waals surface area contributed by atoms with Gasteiger partial charge < -0.3 is 9.13 Å². The number of benzene rings is 10. The molecule has 1 spiro atoms. The molecule has 1 aliphatic heterocycles. The van der Waals surface area contributed by atoms with Crippen molar-refractivity contribution in [1.82, 2.24) is 19.1 Å². The Kier molecular flexibility index (Phi) is 7.96. The molecule has 13 aromatic rings. The number of nitrogens with zero attached hydrogens (tertiary/aromatic N) is 4. The van der Waals surface area contributed by atoms with Gasteiger partial charge in [-0.1, -0.05) is 194 Å². The Morgan fingerprint density at radius 3 is 1.75 bits per heavy atom. The Morgan fingerprint density at radius 1 is 0.333 bits per heavy atom. The minimum absolute atomic E-state index is 0.646. The van der Waals surface area contributed by atoms with E-state index in [1.54, 1.807) is 0 Å². The van der Waals surface area contributed by atoms with E-state index >= 15 is 0 Å². The van der Waals surface area contributed by atoms with Crippen LogP contribution >= 0.6 is 0 Å². The fourth-order valence-corrected chi connectivity index (χ4v) is 12.2. The molecule has 69 heavy (non-hydrogen) atoms. The van der Waals surface area contributed by atoms with E-state index in [1.807, 2.05) is 6.07 Å². The fraction of sp³-hybridized carbons (Fsp3) is 0.0154. The van der Waals surface area contributed by atoms with Crippen LogP contribution in [-0.2, 0) is 5.41 Å². The number of hydrogen-bond acceptors (Lipinski definition) is 2. The molecule has 4 heterocycles. The Morgan fingerprint density at radius 2 is 0.928 bits per heavy atom. The standard InChI is InChI=1S/C65H40N4/c1-4-19-41(20-5-1)55-40-56(67-64(66-55)42-21-6-2-7-22-42)48-29-17-31-53-61(48)50-39-43(45-27-18-36-60-62(45)49-26-11-14-34-58(49)68(60)44-23-8-3-9-24-44)37-38-51(50)65(53)52-30-12-15-35-59(52)69-57-33-13-10-25-46(57)47-28-16-32-54(65)63(47)69/h1-40H. The Labute approximate surface area is 398 Å². The quantitative estimate of drug-likeness (QED) is 0.173. The SMILES string of the molecule is c1ccc(-c2cc(-c3cccc4c3-c3cc(-c5cccc6c5c5ccccc5n6-c5ccccc5)ccc3C43c4ccccc4-n4c5ccccc5c5cccc3c54)nc(-c3ccccc3)n2)cc1. The van der Waals surface area contributed by atoms with Crippen molar-refractivity contribution >= 4 is 43.6 Å². The zero-order valence-electron chi connectivity index (χ0n) is 37.4. The van der Waals surface area contributed by atoms with Gasteiger partial charge in [0.15, 0.2) is 5.82 Å². The third-order valence-electron chi connectivity index (χ3n) is 14.9. The summed E-state index contributed by atoms with van der Waals surface area (Å²) in [6.45, 7) is 0. The summed E-state index contributed by atoms with van der Waals surface area (Å²) < 4.78 is 4.93.